The minimum atomic E-state index is -2.49. The first-order valence-electron chi connectivity index (χ1n) is 8.11. The zero-order valence-electron chi connectivity index (χ0n) is 12.9. The van der Waals surface area contributed by atoms with Gasteiger partial charge in [0.05, 0.1) is 10.6 Å². The second kappa shape index (κ2) is 5.88. The van der Waals surface area contributed by atoms with Crippen LogP contribution in [-0.2, 0) is 4.79 Å². The van der Waals surface area contributed by atoms with Crippen LogP contribution < -0.4 is 5.32 Å². The van der Waals surface area contributed by atoms with E-state index < -0.39 is 17.8 Å². The van der Waals surface area contributed by atoms with E-state index in [1.54, 1.807) is 12.4 Å². The summed E-state index contributed by atoms with van der Waals surface area (Å²) in [7, 11) is 0. The first kappa shape index (κ1) is 15.6. The number of nitrogens with one attached hydrogen (secondary N) is 1. The van der Waals surface area contributed by atoms with Gasteiger partial charge in [-0.1, -0.05) is 17.4 Å². The molecule has 4 nitrogen and oxygen atoms in total. The number of amides is 1. The number of thiazole rings is 1. The molecule has 4 rings (SSSR count). The number of fused-ring (bicyclic) bond motifs is 1. The van der Waals surface area contributed by atoms with Crippen LogP contribution in [0.5, 0.6) is 0 Å². The molecule has 2 saturated carbocycles. The lowest BCUT2D eigenvalue weighted by molar-refractivity contribution is -0.120. The highest BCUT2D eigenvalue weighted by molar-refractivity contribution is 7.19. The van der Waals surface area contributed by atoms with Crippen LogP contribution in [0.25, 0.3) is 10.6 Å². The van der Waals surface area contributed by atoms with Crippen LogP contribution in [0.3, 0.4) is 0 Å². The van der Waals surface area contributed by atoms with Crippen LogP contribution in [0.15, 0.2) is 30.6 Å². The molecule has 2 atom stereocenters. The van der Waals surface area contributed by atoms with Crippen molar-refractivity contribution >= 4 is 22.4 Å². The van der Waals surface area contributed by atoms with Crippen molar-refractivity contribution in [2.75, 3.05) is 5.32 Å². The van der Waals surface area contributed by atoms with Gasteiger partial charge in [0.15, 0.2) is 5.13 Å². The Morgan fingerprint density at radius 2 is 1.92 bits per heavy atom. The number of carbonyl (C=O) groups is 1. The zero-order chi connectivity index (χ0) is 16.7. The van der Waals surface area contributed by atoms with Crippen LogP contribution in [-0.4, -0.2) is 21.8 Å². The monoisotopic (exact) mass is 349 g/mol. The van der Waals surface area contributed by atoms with Gasteiger partial charge in [-0.15, -0.1) is 0 Å². The lowest BCUT2D eigenvalue weighted by atomic mass is 9.97. The molecule has 1 N–H and O–H groups in total. The normalized spacial score (nSPS) is 27.8. The molecule has 2 aromatic rings. The summed E-state index contributed by atoms with van der Waals surface area (Å²) in [6.45, 7) is 0. The number of carbonyl (C=O) groups excluding carboxylic acids is 1. The molecule has 0 radical (unpaired) electrons. The molecule has 0 aromatic carbocycles. The number of aromatic nitrogens is 2. The SMILES string of the molecule is O=C(Nc1ncc(-c2ccccn2)s1)C1CCC2C(CC1)C2(F)F. The Morgan fingerprint density at radius 1 is 1.17 bits per heavy atom. The fourth-order valence-corrected chi connectivity index (χ4v) is 4.38. The third kappa shape index (κ3) is 2.81. The Morgan fingerprint density at radius 3 is 2.58 bits per heavy atom. The molecule has 0 bridgehead atoms. The molecule has 2 fully saturated rings. The summed E-state index contributed by atoms with van der Waals surface area (Å²) in [6.07, 6.45) is 5.33. The van der Waals surface area contributed by atoms with E-state index >= 15 is 0 Å². The second-order valence-corrected chi connectivity index (χ2v) is 7.50. The fourth-order valence-electron chi connectivity index (χ4n) is 3.58. The molecule has 2 aliphatic carbocycles. The van der Waals surface area contributed by atoms with E-state index in [1.807, 2.05) is 18.2 Å². The Labute approximate surface area is 142 Å². The fraction of sp³-hybridized carbons (Fsp3) is 0.471. The van der Waals surface area contributed by atoms with Crippen LogP contribution in [0.4, 0.5) is 13.9 Å². The van der Waals surface area contributed by atoms with E-state index in [0.29, 0.717) is 30.8 Å². The summed E-state index contributed by atoms with van der Waals surface area (Å²) in [5.41, 5.74) is 0.812. The van der Waals surface area contributed by atoms with Gasteiger partial charge in [-0.05, 0) is 37.8 Å². The third-order valence-electron chi connectivity index (χ3n) is 5.04. The number of alkyl halides is 2. The number of hydrogen-bond acceptors (Lipinski definition) is 4. The van der Waals surface area contributed by atoms with Crippen molar-refractivity contribution in [3.63, 3.8) is 0 Å². The van der Waals surface area contributed by atoms with Gasteiger partial charge in [0, 0.05) is 30.1 Å². The molecule has 2 heterocycles. The first-order chi connectivity index (χ1) is 11.6. The van der Waals surface area contributed by atoms with Crippen molar-refractivity contribution in [2.24, 2.45) is 17.8 Å². The molecule has 2 aliphatic rings. The summed E-state index contributed by atoms with van der Waals surface area (Å²) in [4.78, 5) is 21.8. The molecule has 1 amide bonds. The molecule has 24 heavy (non-hydrogen) atoms. The zero-order valence-corrected chi connectivity index (χ0v) is 13.7. The molecule has 2 unspecified atom stereocenters. The maximum absolute atomic E-state index is 13.4. The summed E-state index contributed by atoms with van der Waals surface area (Å²) in [5.74, 6) is -3.82. The minimum Gasteiger partial charge on any atom is -0.302 e. The van der Waals surface area contributed by atoms with E-state index in [4.69, 9.17) is 0 Å². The van der Waals surface area contributed by atoms with Gasteiger partial charge in [-0.3, -0.25) is 9.78 Å². The lowest BCUT2D eigenvalue weighted by Crippen LogP contribution is -2.23. The number of rotatable bonds is 3. The lowest BCUT2D eigenvalue weighted by Gasteiger charge is -2.14. The van der Waals surface area contributed by atoms with Gasteiger partial charge in [-0.2, -0.15) is 0 Å². The number of anilines is 1. The van der Waals surface area contributed by atoms with Gasteiger partial charge in [-0.25, -0.2) is 13.8 Å². The van der Waals surface area contributed by atoms with Gasteiger partial charge < -0.3 is 5.32 Å². The molecule has 0 saturated heterocycles. The predicted octanol–water partition coefficient (Wildman–Crippen LogP) is 4.22. The largest absolute Gasteiger partial charge is 0.302 e. The number of halogens is 2. The van der Waals surface area contributed by atoms with Crippen molar-refractivity contribution in [1.29, 1.82) is 0 Å². The van der Waals surface area contributed by atoms with Gasteiger partial charge in [0.1, 0.15) is 0 Å². The third-order valence-corrected chi connectivity index (χ3v) is 5.98. The second-order valence-electron chi connectivity index (χ2n) is 6.47. The minimum absolute atomic E-state index is 0.110. The van der Waals surface area contributed by atoms with Gasteiger partial charge in [0.25, 0.3) is 5.92 Å². The Bertz CT molecular complexity index is 733. The Hall–Kier alpha value is -1.89. The van der Waals surface area contributed by atoms with Crippen LogP contribution >= 0.6 is 11.3 Å². The topological polar surface area (TPSA) is 54.9 Å². The van der Waals surface area contributed by atoms with E-state index in [1.165, 1.54) is 11.3 Å². The highest BCUT2D eigenvalue weighted by atomic mass is 32.1. The van der Waals surface area contributed by atoms with Crippen LogP contribution in [0.1, 0.15) is 25.7 Å². The number of hydrogen-bond donors (Lipinski definition) is 1. The molecular weight excluding hydrogens is 332 g/mol. The van der Waals surface area contributed by atoms with E-state index in [9.17, 15) is 13.6 Å². The summed E-state index contributed by atoms with van der Waals surface area (Å²) >= 11 is 1.37. The quantitative estimate of drug-likeness (QED) is 0.903. The van der Waals surface area contributed by atoms with Crippen molar-refractivity contribution < 1.29 is 13.6 Å². The number of pyridine rings is 1. The molecule has 126 valence electrons. The summed E-state index contributed by atoms with van der Waals surface area (Å²) in [5, 5.41) is 3.36. The first-order valence-corrected chi connectivity index (χ1v) is 8.93. The average molecular weight is 349 g/mol. The standard InChI is InChI=1S/C17H17F2N3OS/c18-17(19)11-6-4-10(5-7-12(11)17)15(23)22-16-21-9-14(24-16)13-3-1-2-8-20-13/h1-3,8-12H,4-7H2,(H,21,22,23). The summed E-state index contributed by atoms with van der Waals surface area (Å²) < 4.78 is 26.8. The molecule has 0 aliphatic heterocycles. The van der Waals surface area contributed by atoms with Crippen molar-refractivity contribution in [2.45, 2.75) is 31.6 Å². The van der Waals surface area contributed by atoms with Crippen molar-refractivity contribution in [1.82, 2.24) is 9.97 Å². The smallest absolute Gasteiger partial charge is 0.254 e. The van der Waals surface area contributed by atoms with Gasteiger partial charge >= 0.3 is 0 Å². The molecule has 0 spiro atoms. The Kier molecular flexibility index (Phi) is 3.83. The van der Waals surface area contributed by atoms with E-state index in [0.717, 1.165) is 10.6 Å². The van der Waals surface area contributed by atoms with Crippen LogP contribution in [0.2, 0.25) is 0 Å². The molecular formula is C17H17F2N3OS. The molecule has 7 heteroatoms. The van der Waals surface area contributed by atoms with Crippen molar-refractivity contribution in [3.05, 3.63) is 30.6 Å². The highest BCUT2D eigenvalue weighted by Gasteiger charge is 2.67. The van der Waals surface area contributed by atoms with Gasteiger partial charge in [0.2, 0.25) is 5.91 Å². The predicted molar refractivity (Wildman–Crippen MR) is 87.9 cm³/mol. The maximum Gasteiger partial charge on any atom is 0.254 e. The molecule has 2 aromatic heterocycles. The maximum atomic E-state index is 13.4. The average Bonchev–Trinajstić information content (AvgIpc) is 2.92. The van der Waals surface area contributed by atoms with Crippen LogP contribution in [0, 0.1) is 17.8 Å². The number of nitrogens with zero attached hydrogens (tertiary/aromatic N) is 2. The van der Waals surface area contributed by atoms with E-state index in [2.05, 4.69) is 15.3 Å². The highest BCUT2D eigenvalue weighted by Crippen LogP contribution is 2.61. The van der Waals surface area contributed by atoms with Crippen molar-refractivity contribution in [3.8, 4) is 10.6 Å². The van der Waals surface area contributed by atoms with E-state index in [-0.39, 0.29) is 11.8 Å². The summed E-state index contributed by atoms with van der Waals surface area (Å²) in [6, 6.07) is 5.62. The Balaban J connectivity index is 1.38.